The van der Waals surface area contributed by atoms with E-state index in [1.807, 2.05) is 0 Å². The van der Waals surface area contributed by atoms with Crippen molar-refractivity contribution < 1.29 is 9.90 Å². The van der Waals surface area contributed by atoms with Gasteiger partial charge in [-0.15, -0.1) is 0 Å². The standard InChI is InChI=1S/C37H68N2O2/c1-3-4-5-6-7-8-9-10-11-12-13-14-15-16-17-18-19-20-21-22-23-24-25-26-27-28-29-34(2)38-37(41)39-35-30-32-36(40)33-31-35/h30-34,40H,3-29H2,1-2H3,(H2,38,39,41). The largest absolute Gasteiger partial charge is 0.508 e. The van der Waals surface area contributed by atoms with Crippen LogP contribution in [0, 0.1) is 0 Å². The highest BCUT2D eigenvalue weighted by atomic mass is 16.3. The maximum atomic E-state index is 12.1. The number of urea groups is 1. The molecule has 0 saturated heterocycles. The van der Waals surface area contributed by atoms with E-state index >= 15 is 0 Å². The molecule has 0 heterocycles. The number of phenols is 1. The maximum Gasteiger partial charge on any atom is 0.319 e. The quantitative estimate of drug-likeness (QED) is 0.0660. The van der Waals surface area contributed by atoms with Gasteiger partial charge in [0.15, 0.2) is 0 Å². The normalized spacial score (nSPS) is 12.0. The second-order valence-electron chi connectivity index (χ2n) is 12.7. The molecule has 0 spiro atoms. The summed E-state index contributed by atoms with van der Waals surface area (Å²) in [6.07, 6.45) is 37.9. The van der Waals surface area contributed by atoms with E-state index in [4.69, 9.17) is 0 Å². The first-order chi connectivity index (χ1) is 20.1. The molecule has 0 aliphatic heterocycles. The summed E-state index contributed by atoms with van der Waals surface area (Å²) in [5.41, 5.74) is 0.688. The van der Waals surface area contributed by atoms with Gasteiger partial charge in [0.2, 0.25) is 0 Å². The molecule has 4 heteroatoms. The zero-order valence-electron chi connectivity index (χ0n) is 27.3. The molecule has 0 radical (unpaired) electrons. The molecule has 1 unspecified atom stereocenters. The number of unbranched alkanes of at least 4 members (excludes halogenated alkanes) is 25. The lowest BCUT2D eigenvalue weighted by atomic mass is 10.0. The van der Waals surface area contributed by atoms with Gasteiger partial charge in [0.1, 0.15) is 5.75 Å². The second-order valence-corrected chi connectivity index (χ2v) is 12.7. The third-order valence-electron chi connectivity index (χ3n) is 8.49. The molecule has 0 bridgehead atoms. The van der Waals surface area contributed by atoms with E-state index < -0.39 is 0 Å². The Labute approximate surface area is 255 Å². The number of amides is 2. The van der Waals surface area contributed by atoms with Gasteiger partial charge in [0, 0.05) is 11.7 Å². The van der Waals surface area contributed by atoms with Crippen LogP contribution in [-0.2, 0) is 0 Å². The van der Waals surface area contributed by atoms with Crippen LogP contribution in [0.25, 0.3) is 0 Å². The van der Waals surface area contributed by atoms with Crippen LogP contribution < -0.4 is 10.6 Å². The minimum Gasteiger partial charge on any atom is -0.508 e. The fraction of sp³-hybridized carbons (Fsp3) is 0.811. The van der Waals surface area contributed by atoms with Crippen LogP contribution in [0.3, 0.4) is 0 Å². The predicted octanol–water partition coefficient (Wildman–Crippen LogP) is 12.5. The van der Waals surface area contributed by atoms with Crippen LogP contribution in [0.15, 0.2) is 24.3 Å². The lowest BCUT2D eigenvalue weighted by molar-refractivity contribution is 0.248. The van der Waals surface area contributed by atoms with Crippen LogP contribution >= 0.6 is 0 Å². The number of rotatable bonds is 29. The Morgan fingerprint density at radius 1 is 0.561 bits per heavy atom. The zero-order chi connectivity index (χ0) is 29.6. The Balaban J connectivity index is 1.72. The van der Waals surface area contributed by atoms with Crippen molar-refractivity contribution in [3.05, 3.63) is 24.3 Å². The number of nitrogens with one attached hydrogen (secondary N) is 2. The number of carbonyl (C=O) groups excluding carboxylic acids is 1. The molecule has 2 amide bonds. The first-order valence-electron chi connectivity index (χ1n) is 18.0. The van der Waals surface area contributed by atoms with Gasteiger partial charge in [-0.1, -0.05) is 174 Å². The number of anilines is 1. The molecule has 0 saturated carbocycles. The van der Waals surface area contributed by atoms with Gasteiger partial charge in [-0.2, -0.15) is 0 Å². The first kappa shape index (κ1) is 37.3. The predicted molar refractivity (Wildman–Crippen MR) is 180 cm³/mol. The Kier molecular flexibility index (Phi) is 25.9. The number of hydrogen-bond acceptors (Lipinski definition) is 2. The van der Waals surface area contributed by atoms with Crippen LogP contribution in [0.2, 0.25) is 0 Å². The average molecular weight is 573 g/mol. The van der Waals surface area contributed by atoms with Gasteiger partial charge >= 0.3 is 6.03 Å². The average Bonchev–Trinajstić information content (AvgIpc) is 2.96. The minimum atomic E-state index is -0.182. The topological polar surface area (TPSA) is 61.4 Å². The van der Waals surface area contributed by atoms with E-state index in [-0.39, 0.29) is 17.8 Å². The molecule has 4 nitrogen and oxygen atoms in total. The van der Waals surface area contributed by atoms with Crippen LogP contribution in [0.4, 0.5) is 10.5 Å². The summed E-state index contributed by atoms with van der Waals surface area (Å²) in [5.74, 6) is 0.199. The van der Waals surface area contributed by atoms with Crippen molar-refractivity contribution in [2.75, 3.05) is 5.32 Å². The summed E-state index contributed by atoms with van der Waals surface area (Å²) >= 11 is 0. The van der Waals surface area contributed by atoms with Crippen LogP contribution in [0.5, 0.6) is 5.75 Å². The van der Waals surface area contributed by atoms with Gasteiger partial charge in [0.05, 0.1) is 0 Å². The highest BCUT2D eigenvalue weighted by Crippen LogP contribution is 2.17. The Hall–Kier alpha value is -1.71. The molecule has 41 heavy (non-hydrogen) atoms. The lowest BCUT2D eigenvalue weighted by Gasteiger charge is -2.14. The van der Waals surface area contributed by atoms with Gasteiger partial charge < -0.3 is 15.7 Å². The van der Waals surface area contributed by atoms with E-state index in [0.717, 1.165) is 6.42 Å². The highest BCUT2D eigenvalue weighted by Gasteiger charge is 2.07. The Morgan fingerprint density at radius 2 is 0.878 bits per heavy atom. The number of aromatic hydroxyl groups is 1. The summed E-state index contributed by atoms with van der Waals surface area (Å²) in [4.78, 5) is 12.1. The molecule has 0 aliphatic rings. The van der Waals surface area contributed by atoms with Gasteiger partial charge in [-0.05, 0) is 37.6 Å². The van der Waals surface area contributed by atoms with E-state index in [2.05, 4.69) is 24.5 Å². The molecule has 3 N–H and O–H groups in total. The fourth-order valence-electron chi connectivity index (χ4n) is 5.77. The first-order valence-corrected chi connectivity index (χ1v) is 18.0. The molecule has 1 rings (SSSR count). The summed E-state index contributed by atoms with van der Waals surface area (Å²) in [5, 5.41) is 15.1. The van der Waals surface area contributed by atoms with E-state index in [1.165, 1.54) is 167 Å². The van der Waals surface area contributed by atoms with E-state index in [0.29, 0.717) is 5.69 Å². The molecule has 0 fully saturated rings. The Bertz CT molecular complexity index is 691. The third-order valence-corrected chi connectivity index (χ3v) is 8.49. The van der Waals surface area contributed by atoms with Crippen molar-refractivity contribution in [1.29, 1.82) is 0 Å². The van der Waals surface area contributed by atoms with Crippen molar-refractivity contribution in [1.82, 2.24) is 5.32 Å². The van der Waals surface area contributed by atoms with Crippen LogP contribution in [0.1, 0.15) is 187 Å². The smallest absolute Gasteiger partial charge is 0.319 e. The highest BCUT2D eigenvalue weighted by molar-refractivity contribution is 5.89. The second kappa shape index (κ2) is 28.4. The third kappa shape index (κ3) is 25.7. The summed E-state index contributed by atoms with van der Waals surface area (Å²) in [6.45, 7) is 4.36. The molecule has 238 valence electrons. The number of benzene rings is 1. The van der Waals surface area contributed by atoms with Crippen molar-refractivity contribution in [3.8, 4) is 5.75 Å². The monoisotopic (exact) mass is 573 g/mol. The van der Waals surface area contributed by atoms with Crippen molar-refractivity contribution in [3.63, 3.8) is 0 Å². The van der Waals surface area contributed by atoms with E-state index in [9.17, 15) is 9.90 Å². The minimum absolute atomic E-state index is 0.168. The van der Waals surface area contributed by atoms with Crippen molar-refractivity contribution in [2.24, 2.45) is 0 Å². The van der Waals surface area contributed by atoms with Crippen molar-refractivity contribution in [2.45, 2.75) is 193 Å². The molecule has 1 atom stereocenters. The van der Waals surface area contributed by atoms with Gasteiger partial charge in [0.25, 0.3) is 0 Å². The summed E-state index contributed by atoms with van der Waals surface area (Å²) < 4.78 is 0. The molecule has 0 aliphatic carbocycles. The van der Waals surface area contributed by atoms with Gasteiger partial charge in [-0.3, -0.25) is 0 Å². The number of hydrogen-bond donors (Lipinski definition) is 3. The molecule has 1 aromatic rings. The zero-order valence-corrected chi connectivity index (χ0v) is 27.3. The van der Waals surface area contributed by atoms with E-state index in [1.54, 1.807) is 24.3 Å². The Morgan fingerprint density at radius 3 is 1.22 bits per heavy atom. The summed E-state index contributed by atoms with van der Waals surface area (Å²) in [6, 6.07) is 6.52. The number of phenolic OH excluding ortho intramolecular Hbond substituents is 1. The molecule has 0 aromatic heterocycles. The molecular formula is C37H68N2O2. The summed E-state index contributed by atoms with van der Waals surface area (Å²) in [7, 11) is 0. The number of carbonyl (C=O) groups is 1. The SMILES string of the molecule is CCCCCCCCCCCCCCCCCCCCCCCCCCCCC(C)NC(=O)Nc1ccc(O)cc1. The van der Waals surface area contributed by atoms with Crippen molar-refractivity contribution >= 4 is 11.7 Å². The molecule has 1 aromatic carbocycles. The lowest BCUT2D eigenvalue weighted by Crippen LogP contribution is -2.36. The fourth-order valence-corrected chi connectivity index (χ4v) is 5.77. The van der Waals surface area contributed by atoms with Crippen LogP contribution in [-0.4, -0.2) is 17.2 Å². The maximum absolute atomic E-state index is 12.1. The molecular weight excluding hydrogens is 504 g/mol. The van der Waals surface area contributed by atoms with Gasteiger partial charge in [-0.25, -0.2) is 4.79 Å².